The van der Waals surface area contributed by atoms with Crippen LogP contribution in [0.25, 0.3) is 0 Å². The average Bonchev–Trinajstić information content (AvgIpc) is 2.36. The van der Waals surface area contributed by atoms with E-state index >= 15 is 0 Å². The number of aliphatic hydroxyl groups is 1. The van der Waals surface area contributed by atoms with E-state index in [4.69, 9.17) is 4.74 Å². The van der Waals surface area contributed by atoms with Gasteiger partial charge >= 0.3 is 5.97 Å². The van der Waals surface area contributed by atoms with E-state index < -0.39 is 22.9 Å². The molecule has 0 radical (unpaired) electrons. The van der Waals surface area contributed by atoms with Crippen molar-refractivity contribution in [2.45, 2.75) is 32.8 Å². The Morgan fingerprint density at radius 3 is 2.78 bits per heavy atom. The summed E-state index contributed by atoms with van der Waals surface area (Å²) >= 11 is 0. The fourth-order valence-corrected chi connectivity index (χ4v) is 3.09. The van der Waals surface area contributed by atoms with Crippen molar-refractivity contribution in [2.24, 2.45) is 10.8 Å². The fraction of sp³-hybridized carbons (Fsp3) is 0.571. The molecule has 2 rings (SSSR count). The van der Waals surface area contributed by atoms with Gasteiger partial charge in [-0.2, -0.15) is 0 Å². The summed E-state index contributed by atoms with van der Waals surface area (Å²) in [4.78, 5) is 24.1. The standard InChI is InChI=1S/C14H18O4/c1-13-8-7-11(16)14(2,12(17)18-3)9(13)5-4-6-10(13)15/h4-6,11,16H,7-8H2,1-3H3/t11-,13-,14+/m0/s1. The molecule has 4 heteroatoms. The number of ketones is 1. The van der Waals surface area contributed by atoms with Gasteiger partial charge in [0.25, 0.3) is 0 Å². The van der Waals surface area contributed by atoms with Crippen LogP contribution in [0, 0.1) is 10.8 Å². The number of ether oxygens (including phenoxy) is 1. The Hall–Kier alpha value is -1.42. The molecule has 0 aromatic heterocycles. The van der Waals surface area contributed by atoms with E-state index in [0.717, 1.165) is 0 Å². The van der Waals surface area contributed by atoms with Crippen molar-refractivity contribution in [3.05, 3.63) is 23.8 Å². The van der Waals surface area contributed by atoms with Crippen LogP contribution in [-0.4, -0.2) is 30.1 Å². The molecule has 0 heterocycles. The number of rotatable bonds is 1. The van der Waals surface area contributed by atoms with Crippen LogP contribution in [0.2, 0.25) is 0 Å². The van der Waals surface area contributed by atoms with Crippen LogP contribution in [0.4, 0.5) is 0 Å². The van der Waals surface area contributed by atoms with Gasteiger partial charge in [-0.3, -0.25) is 9.59 Å². The van der Waals surface area contributed by atoms with E-state index in [2.05, 4.69) is 0 Å². The van der Waals surface area contributed by atoms with Crippen LogP contribution in [0.1, 0.15) is 26.7 Å². The molecule has 0 saturated heterocycles. The number of aliphatic hydroxyl groups excluding tert-OH is 1. The number of hydrogen-bond acceptors (Lipinski definition) is 4. The largest absolute Gasteiger partial charge is 0.468 e. The molecular weight excluding hydrogens is 232 g/mol. The predicted molar refractivity (Wildman–Crippen MR) is 65.7 cm³/mol. The number of allylic oxidation sites excluding steroid dienone is 3. The van der Waals surface area contributed by atoms with Gasteiger partial charge in [0, 0.05) is 0 Å². The first kappa shape index (κ1) is 13.0. The van der Waals surface area contributed by atoms with Gasteiger partial charge in [-0.15, -0.1) is 0 Å². The van der Waals surface area contributed by atoms with Crippen molar-refractivity contribution in [1.82, 2.24) is 0 Å². The Kier molecular flexibility index (Phi) is 2.93. The highest BCUT2D eigenvalue weighted by Gasteiger charge is 2.56. The first-order chi connectivity index (χ1) is 8.37. The van der Waals surface area contributed by atoms with Crippen LogP contribution in [0.3, 0.4) is 0 Å². The normalized spacial score (nSPS) is 39.0. The third kappa shape index (κ3) is 1.48. The van der Waals surface area contributed by atoms with Crippen LogP contribution < -0.4 is 0 Å². The van der Waals surface area contributed by atoms with E-state index in [0.29, 0.717) is 18.4 Å². The number of hydrogen-bond donors (Lipinski definition) is 1. The molecule has 1 N–H and O–H groups in total. The SMILES string of the molecule is COC(=O)[C@]1(C)C2=CC=CC(=O)[C@@]2(C)CC[C@@H]1O. The van der Waals surface area contributed by atoms with E-state index in [9.17, 15) is 14.7 Å². The highest BCUT2D eigenvalue weighted by Crippen LogP contribution is 2.53. The summed E-state index contributed by atoms with van der Waals surface area (Å²) in [7, 11) is 1.30. The van der Waals surface area contributed by atoms with Gasteiger partial charge in [0.2, 0.25) is 0 Å². The van der Waals surface area contributed by atoms with Crippen LogP contribution in [0.5, 0.6) is 0 Å². The third-order valence-electron chi connectivity index (χ3n) is 4.40. The summed E-state index contributed by atoms with van der Waals surface area (Å²) in [5.41, 5.74) is -1.17. The Morgan fingerprint density at radius 2 is 2.17 bits per heavy atom. The maximum atomic E-state index is 12.1. The molecule has 1 fully saturated rings. The minimum absolute atomic E-state index is 0.0120. The maximum absolute atomic E-state index is 12.1. The molecule has 0 spiro atoms. The van der Waals surface area contributed by atoms with Crippen molar-refractivity contribution in [3.8, 4) is 0 Å². The number of carbonyl (C=O) groups excluding carboxylic acids is 2. The molecule has 2 aliphatic rings. The zero-order valence-electron chi connectivity index (χ0n) is 10.9. The van der Waals surface area contributed by atoms with Crippen molar-refractivity contribution >= 4 is 11.8 Å². The molecule has 2 aliphatic carbocycles. The molecule has 18 heavy (non-hydrogen) atoms. The second kappa shape index (κ2) is 4.05. The van der Waals surface area contributed by atoms with Crippen LogP contribution >= 0.6 is 0 Å². The van der Waals surface area contributed by atoms with Crippen molar-refractivity contribution in [1.29, 1.82) is 0 Å². The third-order valence-corrected chi connectivity index (χ3v) is 4.40. The van der Waals surface area contributed by atoms with Gasteiger partial charge in [0.1, 0.15) is 5.41 Å². The fourth-order valence-electron chi connectivity index (χ4n) is 3.09. The number of carbonyl (C=O) groups is 2. The van der Waals surface area contributed by atoms with Crippen LogP contribution in [-0.2, 0) is 14.3 Å². The molecule has 3 atom stereocenters. The lowest BCUT2D eigenvalue weighted by atomic mass is 9.55. The molecule has 4 nitrogen and oxygen atoms in total. The minimum atomic E-state index is -1.14. The van der Waals surface area contributed by atoms with Gasteiger partial charge in [0.15, 0.2) is 5.78 Å². The predicted octanol–water partition coefficient (Wildman–Crippen LogP) is 1.39. The highest BCUT2D eigenvalue weighted by atomic mass is 16.5. The van der Waals surface area contributed by atoms with E-state index in [1.54, 1.807) is 19.1 Å². The summed E-state index contributed by atoms with van der Waals surface area (Å²) in [6.45, 7) is 3.48. The Balaban J connectivity index is 2.58. The summed E-state index contributed by atoms with van der Waals surface area (Å²) in [6, 6.07) is 0. The summed E-state index contributed by atoms with van der Waals surface area (Å²) in [5, 5.41) is 10.2. The minimum Gasteiger partial charge on any atom is -0.468 e. The van der Waals surface area contributed by atoms with Gasteiger partial charge in [-0.1, -0.05) is 12.2 Å². The second-order valence-corrected chi connectivity index (χ2v) is 5.38. The van der Waals surface area contributed by atoms with E-state index in [1.165, 1.54) is 13.2 Å². The summed E-state index contributed by atoms with van der Waals surface area (Å²) in [5.74, 6) is -0.502. The zero-order chi connectivity index (χ0) is 13.6. The molecule has 1 saturated carbocycles. The topological polar surface area (TPSA) is 63.6 Å². The Bertz CT molecular complexity index is 462. The highest BCUT2D eigenvalue weighted by molar-refractivity contribution is 6.00. The Labute approximate surface area is 106 Å². The Morgan fingerprint density at radius 1 is 1.50 bits per heavy atom. The molecular formula is C14H18O4. The number of fused-ring (bicyclic) bond motifs is 1. The molecule has 0 amide bonds. The van der Waals surface area contributed by atoms with Crippen LogP contribution in [0.15, 0.2) is 23.8 Å². The lowest BCUT2D eigenvalue weighted by Gasteiger charge is -2.48. The smallest absolute Gasteiger partial charge is 0.318 e. The van der Waals surface area contributed by atoms with Crippen molar-refractivity contribution in [3.63, 3.8) is 0 Å². The zero-order valence-corrected chi connectivity index (χ0v) is 10.9. The molecule has 0 bridgehead atoms. The monoisotopic (exact) mass is 250 g/mol. The van der Waals surface area contributed by atoms with Gasteiger partial charge < -0.3 is 9.84 Å². The lowest BCUT2D eigenvalue weighted by molar-refractivity contribution is -0.159. The number of esters is 1. The summed E-state index contributed by atoms with van der Waals surface area (Å²) < 4.78 is 4.82. The molecule has 0 aliphatic heterocycles. The quantitative estimate of drug-likeness (QED) is 0.714. The van der Waals surface area contributed by atoms with E-state index in [-0.39, 0.29) is 5.78 Å². The lowest BCUT2D eigenvalue weighted by Crippen LogP contribution is -2.53. The first-order valence-electron chi connectivity index (χ1n) is 6.07. The van der Waals surface area contributed by atoms with Gasteiger partial charge in [-0.25, -0.2) is 0 Å². The molecule has 0 aromatic rings. The summed E-state index contributed by atoms with van der Waals surface area (Å²) in [6.07, 6.45) is 5.08. The van der Waals surface area contributed by atoms with Crippen molar-refractivity contribution < 1.29 is 19.4 Å². The van der Waals surface area contributed by atoms with Crippen molar-refractivity contribution in [2.75, 3.05) is 7.11 Å². The first-order valence-corrected chi connectivity index (χ1v) is 6.07. The van der Waals surface area contributed by atoms with E-state index in [1.807, 2.05) is 6.92 Å². The van der Waals surface area contributed by atoms with Gasteiger partial charge in [0.05, 0.1) is 18.6 Å². The van der Waals surface area contributed by atoms with Gasteiger partial charge in [-0.05, 0) is 38.3 Å². The molecule has 0 unspecified atom stereocenters. The molecule has 0 aromatic carbocycles. The maximum Gasteiger partial charge on any atom is 0.318 e. The number of methoxy groups -OCH3 is 1. The molecule has 98 valence electrons. The second-order valence-electron chi connectivity index (χ2n) is 5.38. The average molecular weight is 250 g/mol.